The molecule has 0 radical (unpaired) electrons. The van der Waals surface area contributed by atoms with E-state index in [2.05, 4.69) is 48.0 Å². The molecule has 23 heavy (non-hydrogen) atoms. The molecule has 1 saturated heterocycles. The lowest BCUT2D eigenvalue weighted by atomic mass is 10.1. The first kappa shape index (κ1) is 16.3. The van der Waals surface area contributed by atoms with Crippen molar-refractivity contribution in [3.63, 3.8) is 0 Å². The van der Waals surface area contributed by atoms with Gasteiger partial charge in [-0.25, -0.2) is 0 Å². The van der Waals surface area contributed by atoms with Crippen molar-refractivity contribution in [2.24, 2.45) is 0 Å². The molecule has 0 aliphatic carbocycles. The number of hydrogen-bond donors (Lipinski definition) is 0. The fourth-order valence-corrected chi connectivity index (χ4v) is 3.51. The fraction of sp³-hybridized carbons (Fsp3) is 0.611. The zero-order chi connectivity index (χ0) is 16.2. The Morgan fingerprint density at radius 2 is 2.00 bits per heavy atom. The van der Waals surface area contributed by atoms with E-state index in [0.717, 1.165) is 32.7 Å². The molecule has 2 aliphatic heterocycles. The molecular weight excluding hydrogens is 290 g/mol. The number of para-hydroxylation sites is 1. The molecule has 5 nitrogen and oxygen atoms in total. The van der Waals surface area contributed by atoms with Gasteiger partial charge in [-0.1, -0.05) is 18.2 Å². The second kappa shape index (κ2) is 7.32. The van der Waals surface area contributed by atoms with Gasteiger partial charge in [0.15, 0.2) is 0 Å². The van der Waals surface area contributed by atoms with Crippen LogP contribution in [0.2, 0.25) is 0 Å². The first-order valence-electron chi connectivity index (χ1n) is 8.54. The second-order valence-corrected chi connectivity index (χ2v) is 6.57. The van der Waals surface area contributed by atoms with E-state index in [1.165, 1.54) is 11.3 Å². The lowest BCUT2D eigenvalue weighted by molar-refractivity contribution is -0.135. The van der Waals surface area contributed by atoms with Gasteiger partial charge in [0.05, 0.1) is 13.2 Å². The first-order valence-corrected chi connectivity index (χ1v) is 8.54. The normalized spacial score (nSPS) is 22.6. The van der Waals surface area contributed by atoms with Crippen molar-refractivity contribution >= 4 is 11.6 Å². The minimum Gasteiger partial charge on any atom is -0.378 e. The number of amides is 1. The highest BCUT2D eigenvalue weighted by atomic mass is 16.5. The van der Waals surface area contributed by atoms with Crippen molar-refractivity contribution in [1.29, 1.82) is 0 Å². The van der Waals surface area contributed by atoms with Gasteiger partial charge in [0.2, 0.25) is 5.91 Å². The third-order valence-electron chi connectivity index (χ3n) is 4.91. The number of carbonyl (C=O) groups is 1. The number of rotatable bonds is 3. The first-order chi connectivity index (χ1) is 11.1. The van der Waals surface area contributed by atoms with E-state index in [4.69, 9.17) is 4.74 Å². The average molecular weight is 317 g/mol. The van der Waals surface area contributed by atoms with Crippen LogP contribution in [-0.2, 0) is 16.1 Å². The van der Waals surface area contributed by atoms with Gasteiger partial charge in [0.1, 0.15) is 0 Å². The summed E-state index contributed by atoms with van der Waals surface area (Å²) in [5, 5.41) is 0. The summed E-state index contributed by atoms with van der Waals surface area (Å²) in [7, 11) is 2.15. The summed E-state index contributed by atoms with van der Waals surface area (Å²) in [5.74, 6) is 0.256. The Morgan fingerprint density at radius 1 is 1.26 bits per heavy atom. The van der Waals surface area contributed by atoms with Gasteiger partial charge >= 0.3 is 0 Å². The Hall–Kier alpha value is -1.59. The molecule has 1 unspecified atom stereocenters. The van der Waals surface area contributed by atoms with E-state index in [1.807, 2.05) is 4.90 Å². The van der Waals surface area contributed by atoms with Gasteiger partial charge in [-0.3, -0.25) is 9.69 Å². The summed E-state index contributed by atoms with van der Waals surface area (Å²) in [5.41, 5.74) is 2.65. The van der Waals surface area contributed by atoms with E-state index in [1.54, 1.807) is 0 Å². The highest BCUT2D eigenvalue weighted by Gasteiger charge is 2.24. The molecule has 0 aromatic heterocycles. The highest BCUT2D eigenvalue weighted by Crippen LogP contribution is 2.26. The quantitative estimate of drug-likeness (QED) is 0.848. The summed E-state index contributed by atoms with van der Waals surface area (Å²) in [4.78, 5) is 19.1. The van der Waals surface area contributed by atoms with Crippen LogP contribution in [0.25, 0.3) is 0 Å². The molecule has 2 heterocycles. The SMILES string of the molecule is CC1CN(C)c2ccccc2CN1CCC(=O)N1CCOCC1. The fourth-order valence-electron chi connectivity index (χ4n) is 3.51. The van der Waals surface area contributed by atoms with Crippen molar-refractivity contribution in [2.75, 3.05) is 51.3 Å². The number of fused-ring (bicyclic) bond motifs is 1. The van der Waals surface area contributed by atoms with Gasteiger partial charge in [-0.05, 0) is 18.6 Å². The van der Waals surface area contributed by atoms with E-state index < -0.39 is 0 Å². The Balaban J connectivity index is 1.62. The number of likely N-dealkylation sites (N-methyl/N-ethyl adjacent to an activating group) is 1. The van der Waals surface area contributed by atoms with Crippen LogP contribution in [-0.4, -0.2) is 68.2 Å². The minimum absolute atomic E-state index is 0.256. The lowest BCUT2D eigenvalue weighted by Gasteiger charge is -2.30. The van der Waals surface area contributed by atoms with E-state index in [9.17, 15) is 4.79 Å². The van der Waals surface area contributed by atoms with E-state index in [0.29, 0.717) is 25.7 Å². The molecule has 1 aromatic rings. The highest BCUT2D eigenvalue weighted by molar-refractivity contribution is 5.76. The molecule has 0 N–H and O–H groups in total. The molecule has 0 saturated carbocycles. The number of morpholine rings is 1. The molecular formula is C18H27N3O2. The zero-order valence-corrected chi connectivity index (χ0v) is 14.2. The summed E-state index contributed by atoms with van der Waals surface area (Å²) < 4.78 is 5.32. The van der Waals surface area contributed by atoms with Gasteiger partial charge < -0.3 is 14.5 Å². The van der Waals surface area contributed by atoms with Crippen LogP contribution < -0.4 is 4.90 Å². The van der Waals surface area contributed by atoms with Gasteiger partial charge in [0, 0.05) is 57.9 Å². The van der Waals surface area contributed by atoms with Gasteiger partial charge in [0.25, 0.3) is 0 Å². The molecule has 1 amide bonds. The van der Waals surface area contributed by atoms with Crippen molar-refractivity contribution < 1.29 is 9.53 Å². The smallest absolute Gasteiger partial charge is 0.224 e. The molecule has 1 atom stereocenters. The molecule has 3 rings (SSSR count). The number of anilines is 1. The Labute approximate surface area is 138 Å². The number of benzene rings is 1. The maximum Gasteiger partial charge on any atom is 0.224 e. The Morgan fingerprint density at radius 3 is 2.78 bits per heavy atom. The molecule has 2 aliphatic rings. The van der Waals surface area contributed by atoms with Gasteiger partial charge in [-0.15, -0.1) is 0 Å². The van der Waals surface area contributed by atoms with Crippen molar-refractivity contribution in [3.05, 3.63) is 29.8 Å². The summed E-state index contributed by atoms with van der Waals surface area (Å²) in [6.07, 6.45) is 0.593. The van der Waals surface area contributed by atoms with Crippen LogP contribution in [0.1, 0.15) is 18.9 Å². The lowest BCUT2D eigenvalue weighted by Crippen LogP contribution is -2.43. The predicted molar refractivity (Wildman–Crippen MR) is 91.6 cm³/mol. The van der Waals surface area contributed by atoms with E-state index in [-0.39, 0.29) is 5.91 Å². The Bertz CT molecular complexity index is 543. The maximum atomic E-state index is 12.4. The number of carbonyl (C=O) groups excluding carboxylic acids is 1. The molecule has 1 aromatic carbocycles. The summed E-state index contributed by atoms with van der Waals surface area (Å²) in [6.45, 7) is 7.79. The Kier molecular flexibility index (Phi) is 5.18. The second-order valence-electron chi connectivity index (χ2n) is 6.57. The van der Waals surface area contributed by atoms with Crippen LogP contribution in [0.15, 0.2) is 24.3 Å². The number of nitrogens with zero attached hydrogens (tertiary/aromatic N) is 3. The van der Waals surface area contributed by atoms with E-state index >= 15 is 0 Å². The van der Waals surface area contributed by atoms with Gasteiger partial charge in [-0.2, -0.15) is 0 Å². The zero-order valence-electron chi connectivity index (χ0n) is 14.2. The van der Waals surface area contributed by atoms with Crippen molar-refractivity contribution in [2.45, 2.75) is 25.9 Å². The number of hydrogen-bond acceptors (Lipinski definition) is 4. The third-order valence-corrected chi connectivity index (χ3v) is 4.91. The van der Waals surface area contributed by atoms with Crippen LogP contribution >= 0.6 is 0 Å². The van der Waals surface area contributed by atoms with Crippen LogP contribution in [0.3, 0.4) is 0 Å². The van der Waals surface area contributed by atoms with Crippen LogP contribution in [0, 0.1) is 0 Å². The van der Waals surface area contributed by atoms with Crippen LogP contribution in [0.4, 0.5) is 5.69 Å². The predicted octanol–water partition coefficient (Wildman–Crippen LogP) is 1.58. The third kappa shape index (κ3) is 3.85. The maximum absolute atomic E-state index is 12.4. The molecule has 5 heteroatoms. The molecule has 0 spiro atoms. The average Bonchev–Trinajstić information content (AvgIpc) is 2.70. The largest absolute Gasteiger partial charge is 0.378 e. The van der Waals surface area contributed by atoms with Crippen LogP contribution in [0.5, 0.6) is 0 Å². The summed E-state index contributed by atoms with van der Waals surface area (Å²) >= 11 is 0. The standard InChI is InChI=1S/C18H27N3O2/c1-15-13-19(2)17-6-4-3-5-16(17)14-21(15)8-7-18(22)20-9-11-23-12-10-20/h3-6,15H,7-14H2,1-2H3. The molecule has 1 fully saturated rings. The van der Waals surface area contributed by atoms with Crippen molar-refractivity contribution in [1.82, 2.24) is 9.80 Å². The molecule has 0 bridgehead atoms. The minimum atomic E-state index is 0.256. The molecule has 126 valence electrons. The summed E-state index contributed by atoms with van der Waals surface area (Å²) in [6, 6.07) is 9.01. The monoisotopic (exact) mass is 317 g/mol. The number of ether oxygens (including phenoxy) is 1. The topological polar surface area (TPSA) is 36.0 Å². The van der Waals surface area contributed by atoms with Crippen molar-refractivity contribution in [3.8, 4) is 0 Å².